The summed E-state index contributed by atoms with van der Waals surface area (Å²) in [6.07, 6.45) is 5.88. The normalized spacial score (nSPS) is 28.2. The van der Waals surface area contributed by atoms with Gasteiger partial charge in [-0.1, -0.05) is 6.92 Å². The van der Waals surface area contributed by atoms with Crippen molar-refractivity contribution >= 4 is 23.5 Å². The zero-order valence-corrected chi connectivity index (χ0v) is 17.3. The van der Waals surface area contributed by atoms with Gasteiger partial charge in [0.05, 0.1) is 11.9 Å². The summed E-state index contributed by atoms with van der Waals surface area (Å²) in [6, 6.07) is 1.84. The fourth-order valence-corrected chi connectivity index (χ4v) is 4.80. The Labute approximate surface area is 171 Å². The highest BCUT2D eigenvalue weighted by molar-refractivity contribution is 6.07. The predicted molar refractivity (Wildman–Crippen MR) is 108 cm³/mol. The summed E-state index contributed by atoms with van der Waals surface area (Å²) in [4.78, 5) is 45.8. The summed E-state index contributed by atoms with van der Waals surface area (Å²) >= 11 is 0. The van der Waals surface area contributed by atoms with Gasteiger partial charge in [-0.25, -0.2) is 4.79 Å². The van der Waals surface area contributed by atoms with Crippen LogP contribution < -0.4 is 15.5 Å². The smallest absolute Gasteiger partial charge is 0.322 e. The zero-order valence-electron chi connectivity index (χ0n) is 17.3. The van der Waals surface area contributed by atoms with Crippen molar-refractivity contribution in [3.63, 3.8) is 0 Å². The molecular weight excluding hydrogens is 370 g/mol. The fraction of sp³-hybridized carbons (Fsp3) is 0.619. The van der Waals surface area contributed by atoms with Crippen molar-refractivity contribution in [2.75, 3.05) is 24.5 Å². The summed E-state index contributed by atoms with van der Waals surface area (Å²) < 4.78 is 0. The first kappa shape index (κ1) is 19.7. The van der Waals surface area contributed by atoms with Crippen LogP contribution in [0.3, 0.4) is 0 Å². The second-order valence-corrected chi connectivity index (χ2v) is 8.81. The number of nitrogens with one attached hydrogen (secondary N) is 2. The summed E-state index contributed by atoms with van der Waals surface area (Å²) in [7, 11) is 0. The monoisotopic (exact) mass is 399 g/mol. The number of piperazine rings is 1. The Bertz CT molecular complexity index is 839. The lowest BCUT2D eigenvalue weighted by atomic mass is 9.83. The van der Waals surface area contributed by atoms with Crippen LogP contribution in [0.25, 0.3) is 0 Å². The van der Waals surface area contributed by atoms with Crippen LogP contribution in [0.4, 0.5) is 10.5 Å². The van der Waals surface area contributed by atoms with Crippen molar-refractivity contribution in [1.82, 2.24) is 20.5 Å². The van der Waals surface area contributed by atoms with E-state index in [1.54, 1.807) is 0 Å². The molecule has 3 fully saturated rings. The molecule has 29 heavy (non-hydrogen) atoms. The minimum Gasteiger partial charge on any atom is -0.364 e. The maximum atomic E-state index is 13.2. The third-order valence-electron chi connectivity index (χ3n) is 6.42. The second-order valence-electron chi connectivity index (χ2n) is 8.81. The van der Waals surface area contributed by atoms with Crippen LogP contribution in [-0.4, -0.2) is 58.9 Å². The van der Waals surface area contributed by atoms with Crippen molar-refractivity contribution in [3.05, 3.63) is 24.0 Å². The second kappa shape index (κ2) is 7.31. The fourth-order valence-electron chi connectivity index (χ4n) is 4.80. The van der Waals surface area contributed by atoms with Crippen molar-refractivity contribution in [1.29, 1.82) is 0 Å². The quantitative estimate of drug-likeness (QED) is 0.731. The van der Waals surface area contributed by atoms with Crippen molar-refractivity contribution < 1.29 is 14.4 Å². The molecule has 1 aromatic heterocycles. The number of aryl methyl sites for hydroxylation is 1. The molecule has 0 aromatic carbocycles. The molecule has 0 bridgehead atoms. The number of carbonyl (C=O) groups excluding carboxylic acids is 3. The standard InChI is InChI=1S/C21H29N5O3/c1-13-8-17(11-22-10-13)26-7-6-25(12-15(26)3)18(27)14(2)9-21(16-4-5-16)19(28)23-20(29)24-21/h8,10-11,14-16H,4-7,9,12H2,1-3H3,(H2,23,24,28,29)/t14?,15-,21?/m0/s1. The van der Waals surface area contributed by atoms with Gasteiger partial charge in [-0.3, -0.25) is 19.9 Å². The topological polar surface area (TPSA) is 94.6 Å². The Kier molecular flexibility index (Phi) is 4.96. The highest BCUT2D eigenvalue weighted by atomic mass is 16.2. The highest BCUT2D eigenvalue weighted by Crippen LogP contribution is 2.44. The van der Waals surface area contributed by atoms with E-state index in [1.807, 2.05) is 31.1 Å². The Hall–Kier alpha value is -2.64. The van der Waals surface area contributed by atoms with E-state index in [0.29, 0.717) is 19.5 Å². The Morgan fingerprint density at radius 2 is 2.07 bits per heavy atom. The van der Waals surface area contributed by atoms with Crippen molar-refractivity contribution in [3.8, 4) is 0 Å². The van der Waals surface area contributed by atoms with Crippen molar-refractivity contribution in [2.24, 2.45) is 11.8 Å². The van der Waals surface area contributed by atoms with E-state index in [-0.39, 0.29) is 29.7 Å². The van der Waals surface area contributed by atoms with Crippen LogP contribution in [-0.2, 0) is 9.59 Å². The first-order valence-corrected chi connectivity index (χ1v) is 10.4. The number of anilines is 1. The SMILES string of the molecule is Cc1cncc(N2CCN(C(=O)C(C)CC3(C4CC4)NC(=O)NC3=O)C[C@@H]2C)c1. The molecule has 4 rings (SSSR count). The molecular formula is C21H29N5O3. The van der Waals surface area contributed by atoms with Gasteiger partial charge in [-0.05, 0) is 50.7 Å². The molecule has 1 aliphatic carbocycles. The lowest BCUT2D eigenvalue weighted by molar-refractivity contribution is -0.137. The first-order valence-electron chi connectivity index (χ1n) is 10.4. The van der Waals surface area contributed by atoms with E-state index in [0.717, 1.165) is 30.6 Å². The summed E-state index contributed by atoms with van der Waals surface area (Å²) in [5.74, 6) is -0.435. The molecule has 4 amide bonds. The Morgan fingerprint density at radius 1 is 1.31 bits per heavy atom. The maximum absolute atomic E-state index is 13.2. The molecule has 3 heterocycles. The van der Waals surface area contributed by atoms with Gasteiger partial charge in [-0.15, -0.1) is 0 Å². The number of hydrogen-bond donors (Lipinski definition) is 2. The maximum Gasteiger partial charge on any atom is 0.322 e. The number of imide groups is 1. The number of rotatable bonds is 5. The van der Waals surface area contributed by atoms with Gasteiger partial charge in [0.1, 0.15) is 5.54 Å². The molecule has 2 N–H and O–H groups in total. The number of aromatic nitrogens is 1. The van der Waals surface area contributed by atoms with E-state index in [1.165, 1.54) is 0 Å². The van der Waals surface area contributed by atoms with Gasteiger partial charge >= 0.3 is 6.03 Å². The molecule has 8 heteroatoms. The summed E-state index contributed by atoms with van der Waals surface area (Å²) in [5.41, 5.74) is 1.27. The minimum atomic E-state index is -0.924. The molecule has 2 saturated heterocycles. The summed E-state index contributed by atoms with van der Waals surface area (Å²) in [5, 5.41) is 5.19. The van der Waals surface area contributed by atoms with Gasteiger partial charge in [0.25, 0.3) is 5.91 Å². The minimum absolute atomic E-state index is 0.0489. The van der Waals surface area contributed by atoms with Gasteiger partial charge in [0.2, 0.25) is 5.91 Å². The average molecular weight is 399 g/mol. The van der Waals surface area contributed by atoms with E-state index in [4.69, 9.17) is 0 Å². The molecule has 3 aliphatic rings. The largest absolute Gasteiger partial charge is 0.364 e. The third kappa shape index (κ3) is 3.68. The number of amides is 4. The molecule has 1 saturated carbocycles. The third-order valence-corrected chi connectivity index (χ3v) is 6.42. The molecule has 0 spiro atoms. The van der Waals surface area contributed by atoms with Gasteiger partial charge in [-0.2, -0.15) is 0 Å². The van der Waals surface area contributed by atoms with E-state index < -0.39 is 11.6 Å². The van der Waals surface area contributed by atoms with E-state index in [2.05, 4.69) is 33.5 Å². The van der Waals surface area contributed by atoms with Gasteiger partial charge < -0.3 is 15.1 Å². The van der Waals surface area contributed by atoms with Crippen LogP contribution in [0.5, 0.6) is 0 Å². The Balaban J connectivity index is 1.41. The van der Waals surface area contributed by atoms with Crippen molar-refractivity contribution in [2.45, 2.75) is 51.6 Å². The molecule has 0 radical (unpaired) electrons. The molecule has 3 atom stereocenters. The van der Waals surface area contributed by atoms with E-state index >= 15 is 0 Å². The van der Waals surface area contributed by atoms with Gasteiger partial charge in [0.15, 0.2) is 0 Å². The average Bonchev–Trinajstić information content (AvgIpc) is 3.48. The first-order chi connectivity index (χ1) is 13.8. The van der Waals surface area contributed by atoms with Crippen LogP contribution in [0.15, 0.2) is 18.5 Å². The zero-order chi connectivity index (χ0) is 20.8. The van der Waals surface area contributed by atoms with Crippen LogP contribution in [0, 0.1) is 18.8 Å². The lowest BCUT2D eigenvalue weighted by Gasteiger charge is -2.42. The lowest BCUT2D eigenvalue weighted by Crippen LogP contribution is -2.56. The molecule has 1 aromatic rings. The van der Waals surface area contributed by atoms with E-state index in [9.17, 15) is 14.4 Å². The number of nitrogens with zero attached hydrogens (tertiary/aromatic N) is 3. The molecule has 8 nitrogen and oxygen atoms in total. The molecule has 2 aliphatic heterocycles. The van der Waals surface area contributed by atoms with Crippen LogP contribution in [0.1, 0.15) is 38.7 Å². The molecule has 156 valence electrons. The Morgan fingerprint density at radius 3 is 2.66 bits per heavy atom. The van der Waals surface area contributed by atoms with Gasteiger partial charge in [0, 0.05) is 37.8 Å². The number of hydrogen-bond acceptors (Lipinski definition) is 5. The predicted octanol–water partition coefficient (Wildman–Crippen LogP) is 1.44. The summed E-state index contributed by atoms with van der Waals surface area (Å²) in [6.45, 7) is 8.02. The van der Waals surface area contributed by atoms with Crippen LogP contribution in [0.2, 0.25) is 0 Å². The number of urea groups is 1. The number of carbonyl (C=O) groups is 3. The highest BCUT2D eigenvalue weighted by Gasteiger charge is 2.56. The number of pyridine rings is 1. The molecule has 2 unspecified atom stereocenters. The van der Waals surface area contributed by atoms with Crippen LogP contribution >= 0.6 is 0 Å².